The van der Waals surface area contributed by atoms with E-state index in [1.165, 1.54) is 24.4 Å². The summed E-state index contributed by atoms with van der Waals surface area (Å²) >= 11 is 9.34. The zero-order valence-corrected chi connectivity index (χ0v) is 19.9. The molecule has 0 atom stereocenters. The van der Waals surface area contributed by atoms with Gasteiger partial charge in [-0.15, -0.1) is 0 Å². The van der Waals surface area contributed by atoms with Crippen LogP contribution >= 0.6 is 27.5 Å². The zero-order chi connectivity index (χ0) is 24.9. The third-order valence-electron chi connectivity index (χ3n) is 4.26. The number of hydrogen-bond acceptors (Lipinski definition) is 5. The second-order valence-corrected chi connectivity index (χ2v) is 8.01. The van der Waals surface area contributed by atoms with Crippen LogP contribution in [0.4, 0.5) is 24.7 Å². The van der Waals surface area contributed by atoms with Gasteiger partial charge in [-0.1, -0.05) is 34.1 Å². The van der Waals surface area contributed by atoms with E-state index in [-0.39, 0.29) is 22.1 Å². The highest BCUT2D eigenvalue weighted by molar-refractivity contribution is 9.10. The van der Waals surface area contributed by atoms with E-state index in [4.69, 9.17) is 17.4 Å². The highest BCUT2D eigenvalue weighted by Crippen LogP contribution is 2.30. The number of amides is 2. The van der Waals surface area contributed by atoms with Gasteiger partial charge >= 0.3 is 6.18 Å². The SMILES string of the molecule is C=C(/C=C(/C(=O)Nc1c(C)cc(Br)cc1C(=O)NCC)N(N)c1ncccc1Cl)C(F)(F)F. The number of hydrazine groups is 1. The molecule has 1 heterocycles. The van der Waals surface area contributed by atoms with Crippen LogP contribution in [0.15, 0.2) is 58.9 Å². The van der Waals surface area contributed by atoms with Gasteiger partial charge in [-0.05, 0) is 49.8 Å². The summed E-state index contributed by atoms with van der Waals surface area (Å²) in [6.07, 6.45) is -3.04. The van der Waals surface area contributed by atoms with Gasteiger partial charge in [0.15, 0.2) is 5.82 Å². The molecule has 176 valence electrons. The quantitative estimate of drug-likeness (QED) is 0.199. The summed E-state index contributed by atoms with van der Waals surface area (Å²) in [6, 6.07) is 6.00. The van der Waals surface area contributed by atoms with Crippen LogP contribution in [0.25, 0.3) is 0 Å². The first-order chi connectivity index (χ1) is 15.4. The number of aryl methyl sites for hydroxylation is 1. The average molecular weight is 547 g/mol. The predicted molar refractivity (Wildman–Crippen MR) is 125 cm³/mol. The fraction of sp³-hybridized carbons (Fsp3) is 0.190. The lowest BCUT2D eigenvalue weighted by molar-refractivity contribution is -0.113. The Balaban J connectivity index is 2.57. The number of halogens is 5. The summed E-state index contributed by atoms with van der Waals surface area (Å²) in [7, 11) is 0. The maximum Gasteiger partial charge on any atom is 0.415 e. The number of allylic oxidation sites excluding steroid dienone is 2. The first kappa shape index (κ1) is 26.4. The smallest absolute Gasteiger partial charge is 0.352 e. The standard InChI is InChI=1S/C21H20BrClF3N5O2/c1-4-28-19(32)14-10-13(22)8-11(2)17(14)30-20(33)16(9-12(3)21(24,25)26)31(27)18-15(23)6-5-7-29-18/h5-10H,3-4,27H2,1-2H3,(H,28,32)(H,30,33)/b16-9-. The monoisotopic (exact) mass is 545 g/mol. The van der Waals surface area contributed by atoms with Crippen molar-refractivity contribution in [3.05, 3.63) is 75.0 Å². The Morgan fingerprint density at radius 1 is 1.36 bits per heavy atom. The van der Waals surface area contributed by atoms with Crippen molar-refractivity contribution in [1.29, 1.82) is 0 Å². The van der Waals surface area contributed by atoms with Gasteiger partial charge in [-0.25, -0.2) is 10.8 Å². The number of nitrogens with one attached hydrogen (secondary N) is 2. The molecule has 0 unspecified atom stereocenters. The molecule has 0 aliphatic rings. The molecule has 0 saturated carbocycles. The van der Waals surface area contributed by atoms with E-state index in [1.54, 1.807) is 19.9 Å². The fourth-order valence-electron chi connectivity index (χ4n) is 2.68. The van der Waals surface area contributed by atoms with Crippen molar-refractivity contribution in [3.8, 4) is 0 Å². The van der Waals surface area contributed by atoms with E-state index in [0.717, 1.165) is 0 Å². The van der Waals surface area contributed by atoms with Crippen LogP contribution in [0.3, 0.4) is 0 Å². The minimum Gasteiger partial charge on any atom is -0.352 e. The van der Waals surface area contributed by atoms with Gasteiger partial charge in [0.25, 0.3) is 11.8 Å². The number of alkyl halides is 3. The number of hydrogen-bond donors (Lipinski definition) is 3. The Kier molecular flexibility index (Phi) is 8.64. The molecule has 2 amide bonds. The van der Waals surface area contributed by atoms with Crippen molar-refractivity contribution in [1.82, 2.24) is 10.3 Å². The predicted octanol–water partition coefficient (Wildman–Crippen LogP) is 4.88. The van der Waals surface area contributed by atoms with Gasteiger partial charge in [0.05, 0.1) is 21.8 Å². The van der Waals surface area contributed by atoms with Crippen molar-refractivity contribution in [2.45, 2.75) is 20.0 Å². The minimum absolute atomic E-state index is 0.000782. The van der Waals surface area contributed by atoms with Gasteiger partial charge in [0.2, 0.25) is 0 Å². The minimum atomic E-state index is -4.82. The van der Waals surface area contributed by atoms with Gasteiger partial charge in [0, 0.05) is 17.2 Å². The number of aromatic nitrogens is 1. The number of carbonyl (C=O) groups is 2. The number of benzene rings is 1. The second kappa shape index (κ2) is 10.8. The molecule has 7 nitrogen and oxygen atoms in total. The molecule has 0 saturated heterocycles. The van der Waals surface area contributed by atoms with E-state index >= 15 is 0 Å². The summed E-state index contributed by atoms with van der Waals surface area (Å²) in [6.45, 7) is 6.63. The summed E-state index contributed by atoms with van der Waals surface area (Å²) in [4.78, 5) is 29.6. The lowest BCUT2D eigenvalue weighted by Gasteiger charge is -2.23. The molecule has 1 aromatic heterocycles. The van der Waals surface area contributed by atoms with Crippen LogP contribution in [0, 0.1) is 6.92 Å². The van der Waals surface area contributed by atoms with Crippen molar-refractivity contribution in [2.24, 2.45) is 5.84 Å². The Morgan fingerprint density at radius 3 is 2.61 bits per heavy atom. The lowest BCUT2D eigenvalue weighted by Crippen LogP contribution is -2.38. The molecule has 2 rings (SSSR count). The van der Waals surface area contributed by atoms with Gasteiger partial charge in [-0.3, -0.25) is 14.6 Å². The third-order valence-corrected chi connectivity index (χ3v) is 5.01. The molecule has 0 bridgehead atoms. The number of pyridine rings is 1. The molecule has 4 N–H and O–H groups in total. The first-order valence-electron chi connectivity index (χ1n) is 9.39. The molecule has 33 heavy (non-hydrogen) atoms. The zero-order valence-electron chi connectivity index (χ0n) is 17.6. The Hall–Kier alpha value is -2.89. The number of anilines is 2. The van der Waals surface area contributed by atoms with E-state index in [2.05, 4.69) is 38.1 Å². The van der Waals surface area contributed by atoms with Crippen molar-refractivity contribution in [3.63, 3.8) is 0 Å². The van der Waals surface area contributed by atoms with Crippen molar-refractivity contribution >= 4 is 50.9 Å². The van der Waals surface area contributed by atoms with E-state index in [1.807, 2.05) is 0 Å². The summed E-state index contributed by atoms with van der Waals surface area (Å²) in [5.74, 6) is 4.27. The molecule has 0 radical (unpaired) electrons. The number of rotatable bonds is 7. The molecule has 12 heteroatoms. The highest BCUT2D eigenvalue weighted by atomic mass is 79.9. The average Bonchev–Trinajstić information content (AvgIpc) is 2.72. The van der Waals surface area contributed by atoms with Crippen LogP contribution in [0.5, 0.6) is 0 Å². The maximum absolute atomic E-state index is 13.2. The van der Waals surface area contributed by atoms with Crippen molar-refractivity contribution < 1.29 is 22.8 Å². The van der Waals surface area contributed by atoms with E-state index in [9.17, 15) is 22.8 Å². The highest BCUT2D eigenvalue weighted by Gasteiger charge is 2.33. The Labute approximate surface area is 201 Å². The van der Waals surface area contributed by atoms with Gasteiger partial charge < -0.3 is 10.6 Å². The van der Waals surface area contributed by atoms with Crippen LogP contribution in [-0.2, 0) is 4.79 Å². The van der Waals surface area contributed by atoms with Crippen LogP contribution in [-0.4, -0.2) is 29.5 Å². The Morgan fingerprint density at radius 2 is 2.03 bits per heavy atom. The fourth-order valence-corrected chi connectivity index (χ4v) is 3.47. The topological polar surface area (TPSA) is 100 Å². The number of nitrogens with two attached hydrogens (primary N) is 1. The van der Waals surface area contributed by atoms with Crippen molar-refractivity contribution in [2.75, 3.05) is 16.9 Å². The summed E-state index contributed by atoms with van der Waals surface area (Å²) in [5, 5.41) is 5.72. The second-order valence-electron chi connectivity index (χ2n) is 6.69. The largest absolute Gasteiger partial charge is 0.415 e. The molecule has 1 aromatic carbocycles. The first-order valence-corrected chi connectivity index (χ1v) is 10.6. The van der Waals surface area contributed by atoms with Crippen LogP contribution < -0.4 is 21.5 Å². The third kappa shape index (κ3) is 6.56. The van der Waals surface area contributed by atoms with Gasteiger partial charge in [-0.2, -0.15) is 13.2 Å². The molecule has 0 fully saturated rings. The number of nitrogens with zero attached hydrogens (tertiary/aromatic N) is 2. The number of carbonyl (C=O) groups excluding carboxylic acids is 2. The van der Waals surface area contributed by atoms with E-state index < -0.39 is 29.3 Å². The van der Waals surface area contributed by atoms with Gasteiger partial charge in [0.1, 0.15) is 5.70 Å². The molecule has 0 aliphatic heterocycles. The molecule has 2 aromatic rings. The molecule has 0 spiro atoms. The maximum atomic E-state index is 13.2. The normalized spacial score (nSPS) is 11.7. The Bertz CT molecular complexity index is 1120. The summed E-state index contributed by atoms with van der Waals surface area (Å²) < 4.78 is 40.1. The van der Waals surface area contributed by atoms with Crippen LogP contribution in [0.1, 0.15) is 22.8 Å². The van der Waals surface area contributed by atoms with E-state index in [0.29, 0.717) is 27.7 Å². The molecular weight excluding hydrogens is 527 g/mol. The summed E-state index contributed by atoms with van der Waals surface area (Å²) in [5.41, 5.74) is -1.30. The molecular formula is C21H20BrClF3N5O2. The lowest BCUT2D eigenvalue weighted by atomic mass is 10.1. The van der Waals surface area contributed by atoms with Crippen LogP contribution in [0.2, 0.25) is 5.02 Å². The molecule has 0 aliphatic carbocycles.